The molecule has 30 heavy (non-hydrogen) atoms. The van der Waals surface area contributed by atoms with Gasteiger partial charge in [-0.15, -0.1) is 0 Å². The summed E-state index contributed by atoms with van der Waals surface area (Å²) in [6.07, 6.45) is 4.88. The van der Waals surface area contributed by atoms with E-state index in [0.717, 1.165) is 33.7 Å². The average molecular weight is 414 g/mol. The first-order valence-electron chi connectivity index (χ1n) is 9.61. The molecule has 2 aromatic carbocycles. The van der Waals surface area contributed by atoms with Crippen LogP contribution in [0.15, 0.2) is 85.0 Å². The number of hydrogen-bond donors (Lipinski definition) is 1. The van der Waals surface area contributed by atoms with E-state index in [1.165, 1.54) is 0 Å². The van der Waals surface area contributed by atoms with E-state index in [0.29, 0.717) is 11.0 Å². The van der Waals surface area contributed by atoms with Crippen molar-refractivity contribution in [2.75, 3.05) is 5.32 Å². The van der Waals surface area contributed by atoms with Crippen molar-refractivity contribution in [2.24, 2.45) is 0 Å². The number of fused-ring (bicyclic) bond motifs is 3. The summed E-state index contributed by atoms with van der Waals surface area (Å²) in [5.41, 5.74) is 5.08. The Morgan fingerprint density at radius 2 is 1.83 bits per heavy atom. The van der Waals surface area contributed by atoms with Crippen LogP contribution in [0, 0.1) is 0 Å². The maximum Gasteiger partial charge on any atom is 0.226 e. The highest BCUT2D eigenvalue weighted by Gasteiger charge is 2.40. The summed E-state index contributed by atoms with van der Waals surface area (Å²) in [6.45, 7) is 0. The van der Waals surface area contributed by atoms with Crippen LogP contribution < -0.4 is 10.1 Å². The standard InChI is InChI=1S/C23H16ClN5O/c24-16-9-7-14(8-10-16)22-19-20(17-5-1-2-6-18(17)30-22)28-23-26-13-27-29(23)21(19)15-4-3-11-25-12-15/h1-13,21-22H,(H,26,27,28)/t21-,22+/m0/s1. The van der Waals surface area contributed by atoms with Crippen molar-refractivity contribution in [2.45, 2.75) is 12.1 Å². The van der Waals surface area contributed by atoms with Gasteiger partial charge in [-0.3, -0.25) is 4.98 Å². The molecule has 0 aliphatic carbocycles. The fraction of sp³-hybridized carbons (Fsp3) is 0.0870. The molecule has 4 aromatic rings. The number of hydrogen-bond acceptors (Lipinski definition) is 5. The van der Waals surface area contributed by atoms with Crippen LogP contribution in [0.3, 0.4) is 0 Å². The summed E-state index contributed by atoms with van der Waals surface area (Å²) < 4.78 is 8.43. The molecule has 6 rings (SSSR count). The monoisotopic (exact) mass is 413 g/mol. The molecule has 0 spiro atoms. The first-order chi connectivity index (χ1) is 14.8. The van der Waals surface area contributed by atoms with Gasteiger partial charge in [-0.2, -0.15) is 10.1 Å². The third-order valence-corrected chi connectivity index (χ3v) is 5.75. The Morgan fingerprint density at radius 1 is 0.967 bits per heavy atom. The molecule has 0 saturated carbocycles. The number of para-hydroxylation sites is 1. The minimum Gasteiger partial charge on any atom is -0.480 e. The summed E-state index contributed by atoms with van der Waals surface area (Å²) in [5, 5.41) is 8.68. The van der Waals surface area contributed by atoms with Gasteiger partial charge in [0.15, 0.2) is 0 Å². The van der Waals surface area contributed by atoms with Crippen LogP contribution in [0.4, 0.5) is 5.95 Å². The summed E-state index contributed by atoms with van der Waals surface area (Å²) in [7, 11) is 0. The van der Waals surface area contributed by atoms with E-state index >= 15 is 0 Å². The molecule has 7 heteroatoms. The van der Waals surface area contributed by atoms with Crippen LogP contribution >= 0.6 is 11.6 Å². The number of halogens is 1. The molecule has 0 bridgehead atoms. The number of pyridine rings is 1. The van der Waals surface area contributed by atoms with Gasteiger partial charge in [0, 0.05) is 28.6 Å². The quantitative estimate of drug-likeness (QED) is 0.507. The van der Waals surface area contributed by atoms with Crippen molar-refractivity contribution >= 4 is 23.2 Å². The zero-order chi connectivity index (χ0) is 20.1. The molecule has 2 aliphatic rings. The Morgan fingerprint density at radius 3 is 2.67 bits per heavy atom. The lowest BCUT2D eigenvalue weighted by Crippen LogP contribution is -2.32. The minimum atomic E-state index is -0.317. The first kappa shape index (κ1) is 17.2. The van der Waals surface area contributed by atoms with Gasteiger partial charge in [0.1, 0.15) is 24.2 Å². The van der Waals surface area contributed by atoms with Crippen molar-refractivity contribution in [3.05, 3.63) is 107 Å². The number of ether oxygens (including phenoxy) is 1. The number of nitrogens with zero attached hydrogens (tertiary/aromatic N) is 4. The van der Waals surface area contributed by atoms with E-state index in [4.69, 9.17) is 16.3 Å². The average Bonchev–Trinajstić information content (AvgIpc) is 3.26. The molecule has 1 N–H and O–H groups in total. The third-order valence-electron chi connectivity index (χ3n) is 5.49. The highest BCUT2D eigenvalue weighted by molar-refractivity contribution is 6.30. The Balaban J connectivity index is 1.63. The second kappa shape index (κ2) is 6.71. The molecule has 146 valence electrons. The largest absolute Gasteiger partial charge is 0.480 e. The Bertz CT molecular complexity index is 1270. The van der Waals surface area contributed by atoms with Crippen LogP contribution in [-0.4, -0.2) is 19.7 Å². The van der Waals surface area contributed by atoms with Crippen LogP contribution in [0.5, 0.6) is 5.75 Å². The van der Waals surface area contributed by atoms with Crippen LogP contribution in [0.1, 0.15) is 28.8 Å². The van der Waals surface area contributed by atoms with Crippen LogP contribution in [-0.2, 0) is 0 Å². The van der Waals surface area contributed by atoms with Gasteiger partial charge in [0.2, 0.25) is 5.95 Å². The number of benzene rings is 2. The lowest BCUT2D eigenvalue weighted by atomic mass is 9.85. The van der Waals surface area contributed by atoms with Crippen molar-refractivity contribution in [1.82, 2.24) is 19.7 Å². The highest BCUT2D eigenvalue weighted by Crippen LogP contribution is 2.50. The zero-order valence-electron chi connectivity index (χ0n) is 15.7. The zero-order valence-corrected chi connectivity index (χ0v) is 16.5. The highest BCUT2D eigenvalue weighted by atomic mass is 35.5. The molecule has 0 radical (unpaired) electrons. The Hall–Kier alpha value is -3.64. The molecule has 4 heterocycles. The van der Waals surface area contributed by atoms with E-state index in [9.17, 15) is 0 Å². The summed E-state index contributed by atoms with van der Waals surface area (Å²) >= 11 is 6.15. The van der Waals surface area contributed by atoms with Gasteiger partial charge in [0.25, 0.3) is 0 Å². The molecule has 2 aromatic heterocycles. The smallest absolute Gasteiger partial charge is 0.226 e. The molecule has 0 amide bonds. The van der Waals surface area contributed by atoms with Crippen molar-refractivity contribution in [1.29, 1.82) is 0 Å². The summed E-state index contributed by atoms with van der Waals surface area (Å²) in [6, 6.07) is 19.6. The molecular weight excluding hydrogens is 398 g/mol. The van der Waals surface area contributed by atoms with Crippen molar-refractivity contribution < 1.29 is 4.74 Å². The maximum absolute atomic E-state index is 6.55. The number of aromatic nitrogens is 4. The predicted octanol–water partition coefficient (Wildman–Crippen LogP) is 4.89. The molecule has 0 unspecified atom stereocenters. The minimum absolute atomic E-state index is 0.207. The van der Waals surface area contributed by atoms with Crippen LogP contribution in [0.25, 0.3) is 5.70 Å². The molecule has 0 saturated heterocycles. The van der Waals surface area contributed by atoms with Gasteiger partial charge in [-0.1, -0.05) is 41.9 Å². The lowest BCUT2D eigenvalue weighted by Gasteiger charge is -2.38. The summed E-state index contributed by atoms with van der Waals surface area (Å²) in [4.78, 5) is 8.78. The normalized spacial score (nSPS) is 19.2. The predicted molar refractivity (Wildman–Crippen MR) is 114 cm³/mol. The van der Waals surface area contributed by atoms with Crippen molar-refractivity contribution in [3.8, 4) is 5.75 Å². The Labute approximate surface area is 177 Å². The van der Waals surface area contributed by atoms with Crippen molar-refractivity contribution in [3.63, 3.8) is 0 Å². The molecule has 0 fully saturated rings. The molecule has 2 aliphatic heterocycles. The Kier molecular flexibility index (Phi) is 3.86. The van der Waals surface area contributed by atoms with E-state index in [1.54, 1.807) is 12.5 Å². The van der Waals surface area contributed by atoms with Crippen LogP contribution in [0.2, 0.25) is 5.02 Å². The second-order valence-electron chi connectivity index (χ2n) is 7.22. The fourth-order valence-electron chi connectivity index (χ4n) is 4.19. The van der Waals surface area contributed by atoms with E-state index in [2.05, 4.69) is 32.5 Å². The fourth-order valence-corrected chi connectivity index (χ4v) is 4.31. The maximum atomic E-state index is 6.55. The number of rotatable bonds is 2. The van der Waals surface area contributed by atoms with E-state index in [-0.39, 0.29) is 12.1 Å². The third kappa shape index (κ3) is 2.61. The number of anilines is 1. The SMILES string of the molecule is Clc1ccc([C@H]2Oc3ccccc3C3=C2[C@H](c2cccnc2)n2ncnc2N3)cc1. The molecular formula is C23H16ClN5O. The van der Waals surface area contributed by atoms with Gasteiger partial charge < -0.3 is 10.1 Å². The van der Waals surface area contributed by atoms with E-state index in [1.807, 2.05) is 59.4 Å². The van der Waals surface area contributed by atoms with Gasteiger partial charge >= 0.3 is 0 Å². The second-order valence-corrected chi connectivity index (χ2v) is 7.65. The van der Waals surface area contributed by atoms with Gasteiger partial charge in [-0.05, 0) is 41.5 Å². The molecule has 2 atom stereocenters. The molecule has 6 nitrogen and oxygen atoms in total. The topological polar surface area (TPSA) is 64.9 Å². The number of nitrogens with one attached hydrogen (secondary N) is 1. The first-order valence-corrected chi connectivity index (χ1v) is 9.99. The van der Waals surface area contributed by atoms with Gasteiger partial charge in [-0.25, -0.2) is 4.68 Å². The lowest BCUT2D eigenvalue weighted by molar-refractivity contribution is 0.223. The summed E-state index contributed by atoms with van der Waals surface area (Å²) in [5.74, 6) is 1.51. The van der Waals surface area contributed by atoms with Gasteiger partial charge in [0.05, 0.1) is 5.70 Å². The van der Waals surface area contributed by atoms with E-state index < -0.39 is 0 Å².